The van der Waals surface area contributed by atoms with Crippen molar-refractivity contribution in [3.8, 4) is 0 Å². The van der Waals surface area contributed by atoms with Crippen LogP contribution in [-0.4, -0.2) is 47.8 Å². The molecule has 7 nitrogen and oxygen atoms in total. The van der Waals surface area contributed by atoms with Crippen molar-refractivity contribution in [1.82, 2.24) is 0 Å². The number of esters is 1. The van der Waals surface area contributed by atoms with E-state index in [4.69, 9.17) is 5.11 Å². The van der Waals surface area contributed by atoms with E-state index in [0.717, 1.165) is 6.21 Å². The first-order chi connectivity index (χ1) is 9.20. The summed E-state index contributed by atoms with van der Waals surface area (Å²) in [7, 11) is 1.19. The number of aliphatic carboxylic acids is 1. The van der Waals surface area contributed by atoms with Gasteiger partial charge in [0.05, 0.1) is 12.7 Å². The summed E-state index contributed by atoms with van der Waals surface area (Å²) in [4.78, 5) is 37.6. The Balaban J connectivity index is 3.19. The van der Waals surface area contributed by atoms with E-state index in [9.17, 15) is 19.5 Å². The highest BCUT2D eigenvalue weighted by atomic mass is 16.5. The monoisotopic (exact) mass is 283 g/mol. The molecule has 1 atom stereocenters. The molecular weight excluding hydrogens is 266 g/mol. The second-order valence-corrected chi connectivity index (χ2v) is 5.21. The van der Waals surface area contributed by atoms with Gasteiger partial charge in [0, 0.05) is 12.6 Å². The minimum atomic E-state index is -1.16. The van der Waals surface area contributed by atoms with Crippen LogP contribution in [0.2, 0.25) is 0 Å². The second-order valence-electron chi connectivity index (χ2n) is 5.21. The number of hydrogen-bond acceptors (Lipinski definition) is 6. The zero-order valence-corrected chi connectivity index (χ0v) is 11.5. The van der Waals surface area contributed by atoms with Crippen molar-refractivity contribution in [1.29, 1.82) is 0 Å². The lowest BCUT2D eigenvalue weighted by molar-refractivity contribution is -0.150. The summed E-state index contributed by atoms with van der Waals surface area (Å²) in [6.45, 7) is 2.83. The Labute approximate surface area is 116 Å². The third-order valence-electron chi connectivity index (χ3n) is 3.13. The van der Waals surface area contributed by atoms with Crippen LogP contribution in [0.4, 0.5) is 0 Å². The van der Waals surface area contributed by atoms with Gasteiger partial charge in [-0.15, -0.1) is 0 Å². The number of aliphatic hydroxyl groups excluding tert-OH is 1. The number of methoxy groups -OCH3 is 1. The summed E-state index contributed by atoms with van der Waals surface area (Å²) in [5.74, 6) is -3.59. The van der Waals surface area contributed by atoms with Crippen LogP contribution in [0.3, 0.4) is 0 Å². The predicted molar refractivity (Wildman–Crippen MR) is 69.6 cm³/mol. The Kier molecular flexibility index (Phi) is 4.65. The summed E-state index contributed by atoms with van der Waals surface area (Å²) in [6, 6.07) is 0. The SMILES string of the molecule is COC(=O)[C@@H]1C(O)=C(C=NCC(=O)O)C(=O)CC1(C)C. The van der Waals surface area contributed by atoms with Crippen LogP contribution in [-0.2, 0) is 19.1 Å². The maximum Gasteiger partial charge on any atom is 0.325 e. The molecule has 0 aromatic carbocycles. The highest BCUT2D eigenvalue weighted by molar-refractivity contribution is 6.15. The maximum atomic E-state index is 11.9. The summed E-state index contributed by atoms with van der Waals surface area (Å²) in [6.07, 6.45) is 1.03. The van der Waals surface area contributed by atoms with Gasteiger partial charge in [-0.1, -0.05) is 13.8 Å². The summed E-state index contributed by atoms with van der Waals surface area (Å²) >= 11 is 0. The fraction of sp³-hybridized carbons (Fsp3) is 0.538. The number of carboxylic acid groups (broad SMARTS) is 1. The number of hydrogen-bond donors (Lipinski definition) is 2. The van der Waals surface area contributed by atoms with Crippen molar-refractivity contribution in [3.05, 3.63) is 11.3 Å². The summed E-state index contributed by atoms with van der Waals surface area (Å²) in [5.41, 5.74) is -0.917. The van der Waals surface area contributed by atoms with Crippen molar-refractivity contribution >= 4 is 23.9 Å². The van der Waals surface area contributed by atoms with Crippen LogP contribution in [0.1, 0.15) is 20.3 Å². The number of ether oxygens (including phenoxy) is 1. The van der Waals surface area contributed by atoms with Crippen LogP contribution >= 0.6 is 0 Å². The molecule has 110 valence electrons. The molecule has 0 saturated heterocycles. The first kappa shape index (κ1) is 15.9. The lowest BCUT2D eigenvalue weighted by Crippen LogP contribution is -2.40. The molecule has 0 fully saturated rings. The summed E-state index contributed by atoms with van der Waals surface area (Å²) in [5, 5.41) is 18.6. The topological polar surface area (TPSA) is 113 Å². The molecule has 0 radical (unpaired) electrons. The van der Waals surface area contributed by atoms with Crippen molar-refractivity contribution in [2.75, 3.05) is 13.7 Å². The second kappa shape index (κ2) is 5.85. The number of ketones is 1. The van der Waals surface area contributed by atoms with E-state index < -0.39 is 35.6 Å². The van der Waals surface area contributed by atoms with Crippen molar-refractivity contribution in [3.63, 3.8) is 0 Å². The largest absolute Gasteiger partial charge is 0.511 e. The molecule has 0 aromatic rings. The van der Waals surface area contributed by atoms with Gasteiger partial charge in [-0.25, -0.2) is 0 Å². The first-order valence-corrected chi connectivity index (χ1v) is 5.96. The fourth-order valence-corrected chi connectivity index (χ4v) is 2.18. The van der Waals surface area contributed by atoms with Crippen molar-refractivity contribution in [2.24, 2.45) is 16.3 Å². The summed E-state index contributed by atoms with van der Waals surface area (Å²) < 4.78 is 4.64. The Morgan fingerprint density at radius 1 is 1.50 bits per heavy atom. The molecule has 0 amide bonds. The number of carbonyl (C=O) groups is 3. The average Bonchev–Trinajstić information content (AvgIpc) is 2.31. The smallest absolute Gasteiger partial charge is 0.325 e. The van der Waals surface area contributed by atoms with Crippen LogP contribution in [0, 0.1) is 11.3 Å². The number of rotatable bonds is 4. The zero-order chi connectivity index (χ0) is 15.5. The molecule has 1 aliphatic carbocycles. The fourth-order valence-electron chi connectivity index (χ4n) is 2.18. The number of nitrogens with zero attached hydrogens (tertiary/aromatic N) is 1. The van der Waals surface area contributed by atoms with E-state index in [1.165, 1.54) is 7.11 Å². The van der Waals surface area contributed by atoms with Gasteiger partial charge in [0.2, 0.25) is 0 Å². The number of aliphatic hydroxyl groups is 1. The Morgan fingerprint density at radius 3 is 2.60 bits per heavy atom. The van der Waals surface area contributed by atoms with E-state index in [-0.39, 0.29) is 17.8 Å². The molecule has 0 spiro atoms. The van der Waals surface area contributed by atoms with Gasteiger partial charge in [0.25, 0.3) is 0 Å². The van der Waals surface area contributed by atoms with Crippen LogP contribution in [0.25, 0.3) is 0 Å². The molecular formula is C13H17NO6. The molecule has 1 rings (SSSR count). The zero-order valence-electron chi connectivity index (χ0n) is 11.5. The number of carbonyl (C=O) groups excluding carboxylic acids is 2. The molecule has 20 heavy (non-hydrogen) atoms. The van der Waals surface area contributed by atoms with E-state index in [1.54, 1.807) is 13.8 Å². The van der Waals surface area contributed by atoms with Gasteiger partial charge < -0.3 is 14.9 Å². The maximum absolute atomic E-state index is 11.9. The molecule has 0 bridgehead atoms. The average molecular weight is 283 g/mol. The number of aliphatic imine (C=N–C) groups is 1. The third kappa shape index (κ3) is 3.23. The van der Waals surface area contributed by atoms with Crippen LogP contribution in [0.5, 0.6) is 0 Å². The molecule has 0 aliphatic heterocycles. The lowest BCUT2D eigenvalue weighted by atomic mass is 9.68. The Bertz CT molecular complexity index is 503. The Hall–Kier alpha value is -2.18. The van der Waals surface area contributed by atoms with E-state index >= 15 is 0 Å². The number of allylic oxidation sites excluding steroid dienone is 1. The van der Waals surface area contributed by atoms with Crippen molar-refractivity contribution < 1.29 is 29.3 Å². The highest BCUT2D eigenvalue weighted by Gasteiger charge is 2.46. The number of Topliss-reactive ketones (excluding diaryl/α,β-unsaturated/α-hetero) is 1. The highest BCUT2D eigenvalue weighted by Crippen LogP contribution is 2.41. The van der Waals surface area contributed by atoms with Gasteiger partial charge in [-0.2, -0.15) is 0 Å². The van der Waals surface area contributed by atoms with Crippen LogP contribution in [0.15, 0.2) is 16.3 Å². The van der Waals surface area contributed by atoms with Crippen molar-refractivity contribution in [2.45, 2.75) is 20.3 Å². The molecule has 0 saturated carbocycles. The minimum Gasteiger partial charge on any atom is -0.511 e. The van der Waals surface area contributed by atoms with Crippen LogP contribution < -0.4 is 0 Å². The molecule has 0 aromatic heterocycles. The standard InChI is InChI=1S/C13H17NO6/c1-13(2)4-8(15)7(5-14-6-9(16)17)11(18)10(13)12(19)20-3/h5,10,18H,4,6H2,1-3H3,(H,16,17)/t10-/m0/s1. The predicted octanol–water partition coefficient (Wildman–Crippen LogP) is 0.742. The van der Waals surface area contributed by atoms with Gasteiger partial charge in [-0.05, 0) is 5.41 Å². The first-order valence-electron chi connectivity index (χ1n) is 5.96. The van der Waals surface area contributed by atoms with E-state index in [0.29, 0.717) is 0 Å². The van der Waals surface area contributed by atoms with Gasteiger partial charge in [0.15, 0.2) is 5.78 Å². The minimum absolute atomic E-state index is 0.0330. The van der Waals surface area contributed by atoms with E-state index in [1.807, 2.05) is 0 Å². The lowest BCUT2D eigenvalue weighted by Gasteiger charge is -2.35. The molecule has 1 aliphatic rings. The van der Waals surface area contributed by atoms with E-state index in [2.05, 4.69) is 9.73 Å². The molecule has 0 heterocycles. The molecule has 0 unspecified atom stereocenters. The van der Waals surface area contributed by atoms with Gasteiger partial charge >= 0.3 is 11.9 Å². The van der Waals surface area contributed by atoms with Gasteiger partial charge in [0.1, 0.15) is 18.2 Å². The van der Waals surface area contributed by atoms with Gasteiger partial charge in [-0.3, -0.25) is 19.4 Å². The third-order valence-corrected chi connectivity index (χ3v) is 3.13. The number of carboxylic acids is 1. The normalized spacial score (nSPS) is 22.1. The Morgan fingerprint density at radius 2 is 2.10 bits per heavy atom. The quantitative estimate of drug-likeness (QED) is 0.581. The molecule has 2 N–H and O–H groups in total. The molecule has 7 heteroatoms.